The number of anilines is 3. The molecule has 0 bridgehead atoms. The molecule has 2 aromatic rings. The third kappa shape index (κ3) is 4.93. The van der Waals surface area contributed by atoms with E-state index in [0.717, 1.165) is 30.3 Å². The van der Waals surface area contributed by atoms with Gasteiger partial charge in [0.1, 0.15) is 5.82 Å². The molecule has 24 heavy (non-hydrogen) atoms. The number of para-hydroxylation sites is 1. The van der Waals surface area contributed by atoms with Gasteiger partial charge in [0, 0.05) is 30.5 Å². The van der Waals surface area contributed by atoms with Crippen molar-refractivity contribution >= 4 is 17.5 Å². The Labute approximate surface area is 145 Å². The lowest BCUT2D eigenvalue weighted by Gasteiger charge is -2.17. The standard InChI is InChI=1S/C19H29N5/c1-13(2)16-9-7-8-14(3)18(16)23-19-21-15(4)12-17(22-19)20-10-11-24(5)6/h7-9,12-13H,10-11H2,1-6H3,(H2,20,21,22,23). The van der Waals surface area contributed by atoms with Gasteiger partial charge in [0.15, 0.2) is 0 Å². The van der Waals surface area contributed by atoms with Crippen molar-refractivity contribution in [3.63, 3.8) is 0 Å². The van der Waals surface area contributed by atoms with E-state index >= 15 is 0 Å². The number of aryl methyl sites for hydroxylation is 2. The highest BCUT2D eigenvalue weighted by molar-refractivity contribution is 5.64. The molecule has 130 valence electrons. The second-order valence-corrected chi connectivity index (χ2v) is 6.77. The maximum atomic E-state index is 4.62. The molecule has 0 atom stereocenters. The highest BCUT2D eigenvalue weighted by Gasteiger charge is 2.11. The summed E-state index contributed by atoms with van der Waals surface area (Å²) in [6.45, 7) is 10.3. The predicted octanol–water partition coefficient (Wildman–Crippen LogP) is 3.93. The molecule has 1 heterocycles. The molecule has 2 rings (SSSR count). The summed E-state index contributed by atoms with van der Waals surface area (Å²) in [5.74, 6) is 1.93. The van der Waals surface area contributed by atoms with Crippen LogP contribution in [0.5, 0.6) is 0 Å². The Hall–Kier alpha value is -2.14. The van der Waals surface area contributed by atoms with Crippen LogP contribution in [0, 0.1) is 13.8 Å². The largest absolute Gasteiger partial charge is 0.369 e. The smallest absolute Gasteiger partial charge is 0.229 e. The first-order valence-corrected chi connectivity index (χ1v) is 8.47. The van der Waals surface area contributed by atoms with E-state index in [1.54, 1.807) is 0 Å². The fourth-order valence-electron chi connectivity index (χ4n) is 2.58. The van der Waals surface area contributed by atoms with Crippen LogP contribution >= 0.6 is 0 Å². The molecule has 0 aliphatic carbocycles. The Morgan fingerprint density at radius 3 is 2.54 bits per heavy atom. The normalized spacial score (nSPS) is 11.2. The highest BCUT2D eigenvalue weighted by atomic mass is 15.2. The molecule has 5 heteroatoms. The highest BCUT2D eigenvalue weighted by Crippen LogP contribution is 2.29. The zero-order valence-corrected chi connectivity index (χ0v) is 15.6. The Morgan fingerprint density at radius 2 is 1.88 bits per heavy atom. The first-order chi connectivity index (χ1) is 11.4. The van der Waals surface area contributed by atoms with Gasteiger partial charge in [0.25, 0.3) is 0 Å². The van der Waals surface area contributed by atoms with E-state index in [-0.39, 0.29) is 0 Å². The molecule has 1 aromatic heterocycles. The summed E-state index contributed by atoms with van der Waals surface area (Å²) < 4.78 is 0. The van der Waals surface area contributed by atoms with Crippen molar-refractivity contribution in [1.82, 2.24) is 14.9 Å². The monoisotopic (exact) mass is 327 g/mol. The number of aromatic nitrogens is 2. The van der Waals surface area contributed by atoms with E-state index in [4.69, 9.17) is 0 Å². The van der Waals surface area contributed by atoms with Gasteiger partial charge in [-0.25, -0.2) is 4.98 Å². The molecule has 0 saturated heterocycles. The third-order valence-electron chi connectivity index (χ3n) is 3.88. The molecular weight excluding hydrogens is 298 g/mol. The van der Waals surface area contributed by atoms with Crippen LogP contribution in [-0.4, -0.2) is 42.1 Å². The molecule has 0 saturated carbocycles. The lowest BCUT2D eigenvalue weighted by Crippen LogP contribution is -2.21. The molecule has 0 spiro atoms. The molecule has 0 aliphatic rings. The Bertz CT molecular complexity index is 679. The van der Waals surface area contributed by atoms with Gasteiger partial charge >= 0.3 is 0 Å². The average molecular weight is 327 g/mol. The molecule has 0 amide bonds. The van der Waals surface area contributed by atoms with Crippen LogP contribution in [0.2, 0.25) is 0 Å². The molecule has 5 nitrogen and oxygen atoms in total. The van der Waals surface area contributed by atoms with Gasteiger partial charge in [-0.3, -0.25) is 0 Å². The summed E-state index contributed by atoms with van der Waals surface area (Å²) in [7, 11) is 4.12. The molecule has 1 aromatic carbocycles. The van der Waals surface area contributed by atoms with Gasteiger partial charge in [-0.2, -0.15) is 4.98 Å². The summed E-state index contributed by atoms with van der Waals surface area (Å²) in [6.07, 6.45) is 0. The summed E-state index contributed by atoms with van der Waals surface area (Å²) in [6, 6.07) is 8.34. The maximum Gasteiger partial charge on any atom is 0.229 e. The number of benzene rings is 1. The predicted molar refractivity (Wildman–Crippen MR) is 102 cm³/mol. The SMILES string of the molecule is Cc1cc(NCCN(C)C)nc(Nc2c(C)cccc2C(C)C)n1. The van der Waals surface area contributed by atoms with E-state index in [9.17, 15) is 0 Å². The number of hydrogen-bond acceptors (Lipinski definition) is 5. The van der Waals surface area contributed by atoms with E-state index in [1.807, 2.05) is 13.0 Å². The van der Waals surface area contributed by atoms with Gasteiger partial charge in [-0.15, -0.1) is 0 Å². The fourth-order valence-corrected chi connectivity index (χ4v) is 2.58. The van der Waals surface area contributed by atoms with Crippen LogP contribution < -0.4 is 10.6 Å². The van der Waals surface area contributed by atoms with Gasteiger partial charge < -0.3 is 15.5 Å². The van der Waals surface area contributed by atoms with Gasteiger partial charge in [0.2, 0.25) is 5.95 Å². The number of rotatable bonds is 7. The lowest BCUT2D eigenvalue weighted by atomic mass is 9.98. The van der Waals surface area contributed by atoms with Gasteiger partial charge in [-0.1, -0.05) is 32.0 Å². The van der Waals surface area contributed by atoms with Crippen molar-refractivity contribution in [2.45, 2.75) is 33.6 Å². The molecule has 0 radical (unpaired) electrons. The van der Waals surface area contributed by atoms with E-state index in [0.29, 0.717) is 11.9 Å². The first kappa shape index (κ1) is 18.2. The minimum Gasteiger partial charge on any atom is -0.369 e. The van der Waals surface area contributed by atoms with Crippen molar-refractivity contribution in [2.24, 2.45) is 0 Å². The van der Waals surface area contributed by atoms with Crippen LogP contribution in [0.4, 0.5) is 17.5 Å². The van der Waals surface area contributed by atoms with Gasteiger partial charge in [0.05, 0.1) is 0 Å². The molecular formula is C19H29N5. The first-order valence-electron chi connectivity index (χ1n) is 8.47. The molecule has 2 N–H and O–H groups in total. The summed E-state index contributed by atoms with van der Waals surface area (Å²) in [4.78, 5) is 11.3. The van der Waals surface area contributed by atoms with E-state index < -0.39 is 0 Å². The summed E-state index contributed by atoms with van der Waals surface area (Å²) in [5.41, 5.74) is 4.53. The minimum atomic E-state index is 0.440. The zero-order valence-electron chi connectivity index (χ0n) is 15.6. The van der Waals surface area contributed by atoms with Crippen LogP contribution in [0.15, 0.2) is 24.3 Å². The van der Waals surface area contributed by atoms with Crippen molar-refractivity contribution in [3.8, 4) is 0 Å². The second kappa shape index (κ2) is 8.11. The van der Waals surface area contributed by atoms with Crippen molar-refractivity contribution in [2.75, 3.05) is 37.8 Å². The van der Waals surface area contributed by atoms with Crippen LogP contribution in [0.25, 0.3) is 0 Å². The summed E-state index contributed by atoms with van der Waals surface area (Å²) >= 11 is 0. The van der Waals surface area contributed by atoms with Crippen molar-refractivity contribution in [1.29, 1.82) is 0 Å². The molecule has 0 unspecified atom stereocenters. The van der Waals surface area contributed by atoms with Crippen LogP contribution in [-0.2, 0) is 0 Å². The third-order valence-corrected chi connectivity index (χ3v) is 3.88. The number of nitrogens with one attached hydrogen (secondary N) is 2. The second-order valence-electron chi connectivity index (χ2n) is 6.77. The van der Waals surface area contributed by atoms with Gasteiger partial charge in [-0.05, 0) is 45.0 Å². The maximum absolute atomic E-state index is 4.62. The van der Waals surface area contributed by atoms with Crippen molar-refractivity contribution < 1.29 is 0 Å². The quantitative estimate of drug-likeness (QED) is 0.807. The Morgan fingerprint density at radius 1 is 1.12 bits per heavy atom. The topological polar surface area (TPSA) is 53.1 Å². The van der Waals surface area contributed by atoms with Crippen molar-refractivity contribution in [3.05, 3.63) is 41.1 Å². The average Bonchev–Trinajstić information content (AvgIpc) is 2.48. The lowest BCUT2D eigenvalue weighted by molar-refractivity contribution is 0.425. The number of nitrogens with zero attached hydrogens (tertiary/aromatic N) is 3. The zero-order chi connectivity index (χ0) is 17.7. The summed E-state index contributed by atoms with van der Waals surface area (Å²) in [5, 5.41) is 6.79. The minimum absolute atomic E-state index is 0.440. The van der Waals surface area contributed by atoms with Crippen LogP contribution in [0.1, 0.15) is 36.6 Å². The Balaban J connectivity index is 2.23. The fraction of sp³-hybridized carbons (Fsp3) is 0.474. The Kier molecular flexibility index (Phi) is 6.15. The van der Waals surface area contributed by atoms with E-state index in [2.05, 4.69) is 78.6 Å². The number of hydrogen-bond donors (Lipinski definition) is 2. The van der Waals surface area contributed by atoms with E-state index in [1.165, 1.54) is 11.1 Å². The molecule has 0 fully saturated rings. The molecule has 0 aliphatic heterocycles. The number of likely N-dealkylation sites (N-methyl/N-ethyl adjacent to an activating group) is 1. The van der Waals surface area contributed by atoms with Crippen LogP contribution in [0.3, 0.4) is 0 Å².